The summed E-state index contributed by atoms with van der Waals surface area (Å²) in [5.74, 6) is 0.474. The number of allylic oxidation sites excluding steroid dienone is 4. The minimum Gasteiger partial charge on any atom is -1.00 e. The summed E-state index contributed by atoms with van der Waals surface area (Å²) in [6.07, 6.45) is 8.78. The molecular formula is C23H35Cl3SiTi. The van der Waals surface area contributed by atoms with Crippen LogP contribution in [-0.2, 0) is 21.7 Å². The molecule has 156 valence electrons. The number of rotatable bonds is 5. The number of halogens is 3. The molecule has 1 aliphatic carbocycles. The van der Waals surface area contributed by atoms with Gasteiger partial charge in [-0.1, -0.05) is 57.3 Å². The van der Waals surface area contributed by atoms with Crippen LogP contribution in [0.25, 0.3) is 0 Å². The number of benzene rings is 1. The summed E-state index contributed by atoms with van der Waals surface area (Å²) in [5, 5.41) is 3.36. The van der Waals surface area contributed by atoms with Crippen molar-refractivity contribution in [3.8, 4) is 0 Å². The summed E-state index contributed by atoms with van der Waals surface area (Å²) in [5.41, 5.74) is 9.00. The molecule has 2 unspecified atom stereocenters. The Morgan fingerprint density at radius 1 is 0.857 bits per heavy atom. The van der Waals surface area contributed by atoms with Crippen molar-refractivity contribution in [3.05, 3.63) is 50.7 Å². The second kappa shape index (κ2) is 13.0. The number of unbranched alkanes of at least 4 members (excludes halogenated alkanes) is 1. The van der Waals surface area contributed by atoms with Crippen molar-refractivity contribution in [2.75, 3.05) is 0 Å². The van der Waals surface area contributed by atoms with Crippen molar-refractivity contribution in [1.82, 2.24) is 0 Å². The fraction of sp³-hybridized carbons (Fsp3) is 0.565. The second-order valence-electron chi connectivity index (χ2n) is 8.07. The predicted octanol–water partition coefficient (Wildman–Crippen LogP) is -2.81. The second-order valence-corrected chi connectivity index (χ2v) is 12.3. The minimum absolute atomic E-state index is 0. The van der Waals surface area contributed by atoms with E-state index in [2.05, 4.69) is 74.1 Å². The summed E-state index contributed by atoms with van der Waals surface area (Å²) in [7, 11) is -1.73. The molecule has 0 spiro atoms. The molecular weight excluding hydrogens is 459 g/mol. The van der Waals surface area contributed by atoms with Gasteiger partial charge in [0.15, 0.2) is 0 Å². The Bertz CT molecular complexity index is 696. The molecule has 0 nitrogen and oxygen atoms in total. The first-order chi connectivity index (χ1) is 11.1. The van der Waals surface area contributed by atoms with Gasteiger partial charge in [0.2, 0.25) is 0 Å². The van der Waals surface area contributed by atoms with Gasteiger partial charge in [-0.25, -0.2) is 5.57 Å². The van der Waals surface area contributed by atoms with E-state index in [1.54, 1.807) is 21.5 Å². The Labute approximate surface area is 208 Å². The fourth-order valence-electron chi connectivity index (χ4n) is 4.69. The molecule has 0 saturated carbocycles. The molecule has 0 heterocycles. The van der Waals surface area contributed by atoms with Gasteiger partial charge in [0.05, 0.1) is 0 Å². The van der Waals surface area contributed by atoms with Crippen LogP contribution < -0.4 is 42.4 Å². The van der Waals surface area contributed by atoms with E-state index in [4.69, 9.17) is 0 Å². The van der Waals surface area contributed by atoms with Crippen molar-refractivity contribution >= 4 is 13.3 Å². The smallest absolute Gasteiger partial charge is 1.00 e. The SMILES string of the molecule is CCCC[Si](C)(C1=CC(C)[C-]=C1C)c1c(C)c(C)c(C)c(C)c1C.[Cl-].[Cl-].[Cl-].[Ti+4]. The molecule has 1 aliphatic rings. The Balaban J connectivity index is -0.00000156. The molecule has 0 fully saturated rings. The van der Waals surface area contributed by atoms with Crippen LogP contribution in [0.15, 0.2) is 16.8 Å². The van der Waals surface area contributed by atoms with E-state index in [1.165, 1.54) is 41.1 Å². The van der Waals surface area contributed by atoms with Gasteiger partial charge in [0, 0.05) is 8.07 Å². The maximum atomic E-state index is 3.66. The van der Waals surface area contributed by atoms with Crippen LogP contribution >= 0.6 is 0 Å². The van der Waals surface area contributed by atoms with Crippen LogP contribution in [0.5, 0.6) is 0 Å². The Morgan fingerprint density at radius 3 is 1.64 bits per heavy atom. The van der Waals surface area contributed by atoms with Gasteiger partial charge in [0.1, 0.15) is 0 Å². The van der Waals surface area contributed by atoms with Crippen molar-refractivity contribution in [1.29, 1.82) is 0 Å². The fourth-order valence-corrected chi connectivity index (χ4v) is 10.1. The predicted molar refractivity (Wildman–Crippen MR) is 111 cm³/mol. The van der Waals surface area contributed by atoms with Crippen LogP contribution in [-0.4, -0.2) is 8.07 Å². The van der Waals surface area contributed by atoms with Gasteiger partial charge >= 0.3 is 21.7 Å². The monoisotopic (exact) mass is 492 g/mol. The van der Waals surface area contributed by atoms with Gasteiger partial charge < -0.3 is 37.2 Å². The quantitative estimate of drug-likeness (QED) is 0.307. The largest absolute Gasteiger partial charge is 4.00 e. The van der Waals surface area contributed by atoms with E-state index in [9.17, 15) is 0 Å². The molecule has 28 heavy (non-hydrogen) atoms. The normalized spacial score (nSPS) is 17.1. The number of hydrogen-bond donors (Lipinski definition) is 0. The molecule has 2 atom stereocenters. The van der Waals surface area contributed by atoms with E-state index in [0.29, 0.717) is 5.92 Å². The van der Waals surface area contributed by atoms with Gasteiger partial charge in [-0.2, -0.15) is 11.3 Å². The van der Waals surface area contributed by atoms with Gasteiger partial charge in [0.25, 0.3) is 0 Å². The molecule has 0 aromatic heterocycles. The van der Waals surface area contributed by atoms with Crippen LogP contribution in [0, 0.1) is 46.6 Å². The maximum absolute atomic E-state index is 3.66. The molecule has 0 bridgehead atoms. The standard InChI is InChI=1S/C23H35Si.3ClH.Ti/c1-10-11-12-24(9,22-14-15(2)13-16(22)3)23-20(7)18(5)17(4)19(6)21(23)8;;;;/h14-15H,10-12H2,1-9H3;3*1H;/q-1;;;;+4/p-3. The minimum atomic E-state index is -1.73. The van der Waals surface area contributed by atoms with Crippen molar-refractivity contribution in [2.45, 2.75) is 80.8 Å². The zero-order chi connectivity index (χ0) is 18.2. The zero-order valence-corrected chi connectivity index (χ0v) is 23.7. The van der Waals surface area contributed by atoms with E-state index in [-0.39, 0.29) is 58.9 Å². The van der Waals surface area contributed by atoms with Crippen molar-refractivity contribution in [3.63, 3.8) is 0 Å². The van der Waals surface area contributed by atoms with Gasteiger partial charge in [-0.3, -0.25) is 6.08 Å². The Morgan fingerprint density at radius 2 is 1.29 bits per heavy atom. The van der Waals surface area contributed by atoms with E-state index in [1.807, 2.05) is 0 Å². The summed E-state index contributed by atoms with van der Waals surface area (Å²) >= 11 is 0. The van der Waals surface area contributed by atoms with E-state index < -0.39 is 8.07 Å². The molecule has 0 N–H and O–H groups in total. The Kier molecular flexibility index (Phi) is 15.4. The molecule has 1 aromatic rings. The van der Waals surface area contributed by atoms with Crippen LogP contribution in [0.1, 0.15) is 61.4 Å². The topological polar surface area (TPSA) is 0 Å². The molecule has 1 aromatic carbocycles. The average molecular weight is 494 g/mol. The molecule has 0 amide bonds. The van der Waals surface area contributed by atoms with Crippen molar-refractivity contribution in [2.24, 2.45) is 5.92 Å². The summed E-state index contributed by atoms with van der Waals surface area (Å²) in [6.45, 7) is 21.1. The first kappa shape index (κ1) is 33.1. The molecule has 0 aliphatic heterocycles. The van der Waals surface area contributed by atoms with Crippen LogP contribution in [0.3, 0.4) is 0 Å². The summed E-state index contributed by atoms with van der Waals surface area (Å²) in [4.78, 5) is 0. The first-order valence-corrected chi connectivity index (χ1v) is 12.3. The molecule has 2 rings (SSSR count). The van der Waals surface area contributed by atoms with Crippen molar-refractivity contribution < 1.29 is 58.9 Å². The van der Waals surface area contributed by atoms with E-state index >= 15 is 0 Å². The van der Waals surface area contributed by atoms with E-state index in [0.717, 1.165) is 0 Å². The maximum Gasteiger partial charge on any atom is 4.00 e. The average Bonchev–Trinajstić information content (AvgIpc) is 2.88. The van der Waals surface area contributed by atoms with Gasteiger partial charge in [-0.05, 0) is 62.4 Å². The summed E-state index contributed by atoms with van der Waals surface area (Å²) < 4.78 is 0. The summed E-state index contributed by atoms with van der Waals surface area (Å²) in [6, 6.07) is 1.35. The Hall–Kier alpha value is 0.501. The molecule has 0 radical (unpaired) electrons. The third-order valence-corrected chi connectivity index (χ3v) is 11.4. The first-order valence-electron chi connectivity index (χ1n) is 9.55. The third-order valence-electron chi connectivity index (χ3n) is 6.44. The van der Waals surface area contributed by atoms with Crippen LogP contribution in [0.4, 0.5) is 0 Å². The zero-order valence-electron chi connectivity index (χ0n) is 18.9. The molecule has 0 saturated heterocycles. The molecule has 5 heteroatoms. The number of hydrogen-bond acceptors (Lipinski definition) is 0. The van der Waals surface area contributed by atoms with Crippen LogP contribution in [0.2, 0.25) is 12.6 Å². The third kappa shape index (κ3) is 6.02. The van der Waals surface area contributed by atoms with Gasteiger partial charge in [-0.15, -0.1) is 0 Å².